The largest absolute Gasteiger partial charge is 0.419 e. The normalized spacial score (nSPS) is 16.4. The van der Waals surface area contributed by atoms with Gasteiger partial charge < -0.3 is 10.1 Å². The van der Waals surface area contributed by atoms with E-state index in [1.165, 1.54) is 6.07 Å². The number of piperidine rings is 1. The van der Waals surface area contributed by atoms with E-state index in [0.717, 1.165) is 12.3 Å². The van der Waals surface area contributed by atoms with Crippen molar-refractivity contribution in [2.24, 2.45) is 5.92 Å². The maximum absolute atomic E-state index is 12.6. The summed E-state index contributed by atoms with van der Waals surface area (Å²) in [5, 5.41) is 3.27. The van der Waals surface area contributed by atoms with E-state index in [0.29, 0.717) is 43.5 Å². The first-order chi connectivity index (χ1) is 13.2. The predicted octanol–water partition coefficient (Wildman–Crippen LogP) is 1.27. The highest BCUT2D eigenvalue weighted by atomic mass is 32.1. The number of carbonyl (C=O) groups excluding carboxylic acids is 1. The third-order valence-corrected chi connectivity index (χ3v) is 4.64. The van der Waals surface area contributed by atoms with Gasteiger partial charge in [-0.2, -0.15) is 13.2 Å². The van der Waals surface area contributed by atoms with Crippen LogP contribution in [0, 0.1) is 5.92 Å². The van der Waals surface area contributed by atoms with Gasteiger partial charge in [-0.3, -0.25) is 20.5 Å². The van der Waals surface area contributed by atoms with E-state index < -0.39 is 11.7 Å². The predicted molar refractivity (Wildman–Crippen MR) is 101 cm³/mol. The average molecular weight is 420 g/mol. The molecule has 0 saturated carbocycles. The van der Waals surface area contributed by atoms with Gasteiger partial charge in [0.1, 0.15) is 6.20 Å². The van der Waals surface area contributed by atoms with Crippen LogP contribution >= 0.6 is 12.2 Å². The van der Waals surface area contributed by atoms with Crippen molar-refractivity contribution in [2.75, 3.05) is 31.7 Å². The van der Waals surface area contributed by atoms with Crippen LogP contribution in [-0.2, 0) is 15.7 Å². The quantitative estimate of drug-likeness (QED) is 0.492. The standard InChI is InChI=1S/C17H24F3N5O2S/c1-11(10-27-2)22-16(28)24-23-15(26)12-5-7-25(8-6-12)14-4-3-13(9-21-14)17(18,19)20/h3-4,9,11-12H,5-8,10H2,1-2H3,(H,23,26)(H2,22,24,28)/p+1/t11-/m1/s1. The molecule has 0 aliphatic carbocycles. The molecule has 0 bridgehead atoms. The van der Waals surface area contributed by atoms with Gasteiger partial charge in [0.2, 0.25) is 5.91 Å². The number of alkyl halides is 3. The summed E-state index contributed by atoms with van der Waals surface area (Å²) in [7, 11) is 1.59. The summed E-state index contributed by atoms with van der Waals surface area (Å²) in [5.74, 6) is 0.236. The monoisotopic (exact) mass is 420 g/mol. The molecule has 156 valence electrons. The van der Waals surface area contributed by atoms with Gasteiger partial charge in [0, 0.05) is 25.1 Å². The molecule has 2 rings (SSSR count). The van der Waals surface area contributed by atoms with Crippen LogP contribution in [-0.4, -0.2) is 43.9 Å². The number of nitrogens with one attached hydrogen (secondary N) is 4. The summed E-state index contributed by atoms with van der Waals surface area (Å²) >= 11 is 5.10. The molecule has 28 heavy (non-hydrogen) atoms. The molecule has 1 fully saturated rings. The molecular weight excluding hydrogens is 395 g/mol. The SMILES string of the molecule is COC[C@@H](C)NC(=S)NNC(=O)C1CCN(c2ccc(C(F)(F)F)c[nH+]2)CC1. The zero-order valence-electron chi connectivity index (χ0n) is 15.7. The third-order valence-electron chi connectivity index (χ3n) is 4.42. The van der Waals surface area contributed by atoms with Crippen molar-refractivity contribution in [1.29, 1.82) is 0 Å². The molecule has 0 spiro atoms. The maximum Gasteiger partial charge on any atom is 0.419 e. The Kier molecular flexibility index (Phi) is 7.81. The Morgan fingerprint density at radius 1 is 1.36 bits per heavy atom. The molecule has 1 saturated heterocycles. The summed E-state index contributed by atoms with van der Waals surface area (Å²) in [5.41, 5.74) is 4.54. The lowest BCUT2D eigenvalue weighted by Gasteiger charge is -2.27. The average Bonchev–Trinajstić information content (AvgIpc) is 2.66. The minimum Gasteiger partial charge on any atom is -0.383 e. The highest BCUT2D eigenvalue weighted by Gasteiger charge is 2.33. The van der Waals surface area contributed by atoms with Crippen molar-refractivity contribution in [2.45, 2.75) is 32.0 Å². The first-order valence-electron chi connectivity index (χ1n) is 8.90. The third kappa shape index (κ3) is 6.48. The van der Waals surface area contributed by atoms with E-state index >= 15 is 0 Å². The summed E-state index contributed by atoms with van der Waals surface area (Å²) in [6.45, 7) is 3.50. The maximum atomic E-state index is 12.6. The number of aromatic nitrogens is 1. The van der Waals surface area contributed by atoms with Crippen LogP contribution in [0.1, 0.15) is 25.3 Å². The summed E-state index contributed by atoms with van der Waals surface area (Å²) in [4.78, 5) is 16.9. The van der Waals surface area contributed by atoms with E-state index in [4.69, 9.17) is 17.0 Å². The van der Waals surface area contributed by atoms with Crippen molar-refractivity contribution >= 4 is 29.1 Å². The number of hydrogen-bond acceptors (Lipinski definition) is 4. The topological polar surface area (TPSA) is 79.8 Å². The molecule has 1 aliphatic heterocycles. The van der Waals surface area contributed by atoms with E-state index in [1.807, 2.05) is 11.8 Å². The zero-order chi connectivity index (χ0) is 20.7. The Morgan fingerprint density at radius 2 is 2.04 bits per heavy atom. The van der Waals surface area contributed by atoms with Crippen LogP contribution in [0.15, 0.2) is 18.3 Å². The van der Waals surface area contributed by atoms with Gasteiger partial charge in [-0.05, 0) is 38.0 Å². The smallest absolute Gasteiger partial charge is 0.383 e. The molecule has 1 atom stereocenters. The van der Waals surface area contributed by atoms with Gasteiger partial charge in [0.05, 0.1) is 25.3 Å². The van der Waals surface area contributed by atoms with Crippen LogP contribution in [0.5, 0.6) is 0 Å². The molecule has 1 amide bonds. The number of anilines is 1. The second-order valence-electron chi connectivity index (χ2n) is 6.67. The summed E-state index contributed by atoms with van der Waals surface area (Å²) in [6, 6.07) is 2.47. The number of methoxy groups -OCH3 is 1. The van der Waals surface area contributed by atoms with Crippen molar-refractivity contribution in [1.82, 2.24) is 16.2 Å². The molecular formula is C17H25F3N5O2S+. The Balaban J connectivity index is 1.77. The minimum atomic E-state index is -4.37. The Bertz CT molecular complexity index is 664. The highest BCUT2D eigenvalue weighted by Crippen LogP contribution is 2.29. The number of halogens is 3. The van der Waals surface area contributed by atoms with Crippen molar-refractivity contribution < 1.29 is 27.7 Å². The number of aromatic amines is 1. The number of carbonyl (C=O) groups is 1. The number of thiocarbonyl (C=S) groups is 1. The number of nitrogens with zero attached hydrogens (tertiary/aromatic N) is 1. The number of amides is 1. The number of hydrogen-bond donors (Lipinski definition) is 3. The van der Waals surface area contributed by atoms with Crippen molar-refractivity contribution in [3.05, 3.63) is 23.9 Å². The van der Waals surface area contributed by atoms with Gasteiger partial charge in [-0.15, -0.1) is 0 Å². The second-order valence-corrected chi connectivity index (χ2v) is 7.07. The lowest BCUT2D eigenvalue weighted by molar-refractivity contribution is -0.367. The fourth-order valence-corrected chi connectivity index (χ4v) is 3.20. The van der Waals surface area contributed by atoms with Gasteiger partial charge in [0.25, 0.3) is 5.82 Å². The van der Waals surface area contributed by atoms with Crippen LogP contribution < -0.4 is 26.1 Å². The van der Waals surface area contributed by atoms with Gasteiger partial charge in [-0.1, -0.05) is 0 Å². The molecule has 1 aliphatic rings. The molecule has 0 radical (unpaired) electrons. The van der Waals surface area contributed by atoms with E-state index in [1.54, 1.807) is 7.11 Å². The van der Waals surface area contributed by atoms with Gasteiger partial charge in [0.15, 0.2) is 5.11 Å². The number of ether oxygens (including phenoxy) is 1. The van der Waals surface area contributed by atoms with Gasteiger partial charge in [-0.25, -0.2) is 4.98 Å². The molecule has 7 nitrogen and oxygen atoms in total. The first-order valence-corrected chi connectivity index (χ1v) is 9.30. The molecule has 0 aromatic carbocycles. The number of hydrazine groups is 1. The Labute approximate surface area is 167 Å². The van der Waals surface area contributed by atoms with Gasteiger partial charge >= 0.3 is 6.18 Å². The zero-order valence-corrected chi connectivity index (χ0v) is 16.5. The minimum absolute atomic E-state index is 0.00475. The Morgan fingerprint density at radius 3 is 2.57 bits per heavy atom. The number of pyridine rings is 1. The van der Waals surface area contributed by atoms with Crippen LogP contribution in [0.3, 0.4) is 0 Å². The van der Waals surface area contributed by atoms with Crippen LogP contribution in [0.4, 0.5) is 19.0 Å². The summed E-state index contributed by atoms with van der Waals surface area (Å²) in [6.07, 6.45) is -2.24. The lowest BCUT2D eigenvalue weighted by atomic mass is 9.96. The van der Waals surface area contributed by atoms with E-state index in [2.05, 4.69) is 21.2 Å². The van der Waals surface area contributed by atoms with E-state index in [-0.39, 0.29) is 17.9 Å². The van der Waals surface area contributed by atoms with Crippen LogP contribution in [0.2, 0.25) is 0 Å². The van der Waals surface area contributed by atoms with E-state index in [9.17, 15) is 18.0 Å². The number of H-pyrrole nitrogens is 1. The Hall–Kier alpha value is -2.14. The second kappa shape index (κ2) is 9.87. The van der Waals surface area contributed by atoms with Crippen LogP contribution in [0.25, 0.3) is 0 Å². The first kappa shape index (κ1) is 22.2. The number of rotatable bonds is 5. The summed E-state index contributed by atoms with van der Waals surface area (Å²) < 4.78 is 42.9. The van der Waals surface area contributed by atoms with Crippen molar-refractivity contribution in [3.63, 3.8) is 0 Å². The fourth-order valence-electron chi connectivity index (χ4n) is 2.94. The molecule has 11 heteroatoms. The molecule has 4 N–H and O–H groups in total. The lowest BCUT2D eigenvalue weighted by Crippen LogP contribution is -2.52. The van der Waals surface area contributed by atoms with Crippen molar-refractivity contribution in [3.8, 4) is 0 Å². The fraction of sp³-hybridized carbons (Fsp3) is 0.588. The molecule has 0 unspecified atom stereocenters. The molecule has 1 aromatic rings. The molecule has 1 aromatic heterocycles. The highest BCUT2D eigenvalue weighted by molar-refractivity contribution is 7.80. The molecule has 2 heterocycles.